The van der Waals surface area contributed by atoms with E-state index in [0.717, 1.165) is 12.8 Å². The Kier molecular flexibility index (Phi) is 14.0. The molecular weight excluding hydrogens is 156 g/mol. The molecule has 0 aliphatic heterocycles. The molecule has 58 valence electrons. The van der Waals surface area contributed by atoms with Gasteiger partial charge in [-0.3, -0.25) is 0 Å². The van der Waals surface area contributed by atoms with Gasteiger partial charge in [-0.2, -0.15) is 0 Å². The maximum absolute atomic E-state index is 8.41. The first-order valence-corrected chi connectivity index (χ1v) is 3.63. The Hall–Kier alpha value is 1.18. The molecule has 0 aromatic rings. The topological polar surface area (TPSA) is 40.5 Å². The third-order valence-electron chi connectivity index (χ3n) is 1.32. The molecule has 10 heavy (non-hydrogen) atoms. The van der Waals surface area contributed by atoms with Gasteiger partial charge in [-0.25, -0.2) is 0 Å². The first-order chi connectivity index (χ1) is 4.27. The van der Waals surface area contributed by atoms with E-state index in [2.05, 4.69) is 6.92 Å². The summed E-state index contributed by atoms with van der Waals surface area (Å²) in [4.78, 5) is 0. The zero-order valence-electron chi connectivity index (χ0n) is 6.71. The van der Waals surface area contributed by atoms with Crippen LogP contribution in [0, 0.1) is 0 Å². The van der Waals surface area contributed by atoms with Crippen LogP contribution in [0.3, 0.4) is 0 Å². The molecule has 0 rings (SSSR count). The summed E-state index contributed by atoms with van der Waals surface area (Å²) in [6.07, 6.45) is 3.88. The van der Waals surface area contributed by atoms with Crippen LogP contribution in [0.4, 0.5) is 0 Å². The molecular formula is C7H16CaO2. The van der Waals surface area contributed by atoms with Crippen molar-refractivity contribution in [2.45, 2.75) is 45.3 Å². The van der Waals surface area contributed by atoms with Crippen LogP contribution in [0.5, 0.6) is 0 Å². The third-order valence-corrected chi connectivity index (χ3v) is 1.32. The smallest absolute Gasteiger partial charge is 0.151 e. The van der Waals surface area contributed by atoms with Crippen LogP contribution in [-0.4, -0.2) is 54.2 Å². The molecule has 0 spiro atoms. The number of aliphatic hydroxyl groups excluding tert-OH is 1. The van der Waals surface area contributed by atoms with Gasteiger partial charge in [0.1, 0.15) is 0 Å². The number of hydrogen-bond donors (Lipinski definition) is 2. The van der Waals surface area contributed by atoms with E-state index in [9.17, 15) is 0 Å². The maximum atomic E-state index is 8.41. The van der Waals surface area contributed by atoms with Gasteiger partial charge in [0.05, 0.1) is 0 Å². The molecule has 0 saturated carbocycles. The standard InChI is InChI=1S/C7H16O2.Ca/c1-2-3-4-5-6-7(8)9;/h7-9H,2-6H2,1H3;. The molecule has 3 heteroatoms. The van der Waals surface area contributed by atoms with Gasteiger partial charge >= 0.3 is 0 Å². The van der Waals surface area contributed by atoms with Crippen LogP contribution >= 0.6 is 0 Å². The van der Waals surface area contributed by atoms with E-state index in [1.54, 1.807) is 0 Å². The number of unbranched alkanes of at least 4 members (excludes halogenated alkanes) is 3. The fourth-order valence-corrected chi connectivity index (χ4v) is 0.754. The van der Waals surface area contributed by atoms with Crippen LogP contribution in [0.2, 0.25) is 0 Å². The Balaban J connectivity index is 0. The first kappa shape index (κ1) is 13.7. The van der Waals surface area contributed by atoms with Crippen molar-refractivity contribution in [1.29, 1.82) is 0 Å². The minimum absolute atomic E-state index is 0. The Labute approximate surface area is 92.6 Å². The molecule has 0 amide bonds. The normalized spacial score (nSPS) is 9.60. The van der Waals surface area contributed by atoms with Crippen LogP contribution in [-0.2, 0) is 0 Å². The Bertz CT molecular complexity index is 57.6. The summed E-state index contributed by atoms with van der Waals surface area (Å²) in [7, 11) is 0. The SMILES string of the molecule is CCCCCCC(O)O.[Ca]. The van der Waals surface area contributed by atoms with Crippen LogP contribution in [0.1, 0.15) is 39.0 Å². The third kappa shape index (κ3) is 11.9. The van der Waals surface area contributed by atoms with Crippen molar-refractivity contribution >= 4 is 37.7 Å². The average molecular weight is 172 g/mol. The molecule has 0 heterocycles. The first-order valence-electron chi connectivity index (χ1n) is 3.63. The van der Waals surface area contributed by atoms with Crippen molar-refractivity contribution in [2.75, 3.05) is 0 Å². The molecule has 0 atom stereocenters. The van der Waals surface area contributed by atoms with Crippen LogP contribution in [0.25, 0.3) is 0 Å². The maximum Gasteiger partial charge on any atom is 0.151 e. The molecule has 2 radical (unpaired) electrons. The molecule has 0 fully saturated rings. The zero-order valence-corrected chi connectivity index (χ0v) is 8.92. The van der Waals surface area contributed by atoms with E-state index < -0.39 is 6.29 Å². The van der Waals surface area contributed by atoms with Gasteiger partial charge in [0.25, 0.3) is 0 Å². The fraction of sp³-hybridized carbons (Fsp3) is 1.00. The zero-order chi connectivity index (χ0) is 7.11. The molecule has 2 nitrogen and oxygen atoms in total. The molecule has 0 aliphatic carbocycles. The number of rotatable bonds is 5. The molecule has 0 aliphatic rings. The van der Waals surface area contributed by atoms with Crippen molar-refractivity contribution in [2.24, 2.45) is 0 Å². The summed E-state index contributed by atoms with van der Waals surface area (Å²) in [6.45, 7) is 2.13. The van der Waals surface area contributed by atoms with Gasteiger partial charge in [0.15, 0.2) is 6.29 Å². The van der Waals surface area contributed by atoms with E-state index in [4.69, 9.17) is 10.2 Å². The van der Waals surface area contributed by atoms with Crippen molar-refractivity contribution in [3.05, 3.63) is 0 Å². The number of hydrogen-bond acceptors (Lipinski definition) is 2. The van der Waals surface area contributed by atoms with Crippen molar-refractivity contribution in [3.63, 3.8) is 0 Å². The Morgan fingerprint density at radius 2 is 1.70 bits per heavy atom. The quantitative estimate of drug-likeness (QED) is 0.367. The summed E-state index contributed by atoms with van der Waals surface area (Å²) in [5.74, 6) is 0. The predicted octanol–water partition coefficient (Wildman–Crippen LogP) is 0.887. The molecule has 2 N–H and O–H groups in total. The second kappa shape index (κ2) is 10.2. The van der Waals surface area contributed by atoms with Crippen LogP contribution < -0.4 is 0 Å². The van der Waals surface area contributed by atoms with Crippen molar-refractivity contribution < 1.29 is 10.2 Å². The van der Waals surface area contributed by atoms with Crippen molar-refractivity contribution in [1.82, 2.24) is 0 Å². The summed E-state index contributed by atoms with van der Waals surface area (Å²) in [5, 5.41) is 16.8. The largest absolute Gasteiger partial charge is 0.368 e. The van der Waals surface area contributed by atoms with E-state index in [0.29, 0.717) is 6.42 Å². The molecule has 0 saturated heterocycles. The van der Waals surface area contributed by atoms with Gasteiger partial charge in [0, 0.05) is 37.7 Å². The molecule has 0 aromatic carbocycles. The second-order valence-corrected chi connectivity index (χ2v) is 2.33. The van der Waals surface area contributed by atoms with Gasteiger partial charge < -0.3 is 10.2 Å². The van der Waals surface area contributed by atoms with E-state index in [1.165, 1.54) is 12.8 Å². The summed E-state index contributed by atoms with van der Waals surface area (Å²) in [6, 6.07) is 0. The number of aliphatic hydroxyl groups is 2. The van der Waals surface area contributed by atoms with Gasteiger partial charge in [0.2, 0.25) is 0 Å². The van der Waals surface area contributed by atoms with Crippen molar-refractivity contribution in [3.8, 4) is 0 Å². The molecule has 0 unspecified atom stereocenters. The summed E-state index contributed by atoms with van der Waals surface area (Å²) in [5.41, 5.74) is 0. The molecule has 0 aromatic heterocycles. The molecule has 0 bridgehead atoms. The fourth-order valence-electron chi connectivity index (χ4n) is 0.754. The monoisotopic (exact) mass is 172 g/mol. The Morgan fingerprint density at radius 3 is 2.10 bits per heavy atom. The Morgan fingerprint density at radius 1 is 1.10 bits per heavy atom. The minimum Gasteiger partial charge on any atom is -0.368 e. The van der Waals surface area contributed by atoms with Crippen LogP contribution in [0.15, 0.2) is 0 Å². The van der Waals surface area contributed by atoms with E-state index in [-0.39, 0.29) is 37.7 Å². The van der Waals surface area contributed by atoms with Gasteiger partial charge in [-0.15, -0.1) is 0 Å². The van der Waals surface area contributed by atoms with E-state index >= 15 is 0 Å². The van der Waals surface area contributed by atoms with E-state index in [1.807, 2.05) is 0 Å². The average Bonchev–Trinajstić information content (AvgIpc) is 1.80. The van der Waals surface area contributed by atoms with Gasteiger partial charge in [-0.05, 0) is 12.8 Å². The summed E-state index contributed by atoms with van der Waals surface area (Å²) < 4.78 is 0. The summed E-state index contributed by atoms with van der Waals surface area (Å²) >= 11 is 0. The second-order valence-electron chi connectivity index (χ2n) is 2.33. The minimum atomic E-state index is -1.10. The van der Waals surface area contributed by atoms with Gasteiger partial charge in [-0.1, -0.05) is 26.2 Å². The predicted molar refractivity (Wildman–Crippen MR) is 42.7 cm³/mol.